The van der Waals surface area contributed by atoms with Gasteiger partial charge in [-0.25, -0.2) is 8.78 Å². The van der Waals surface area contributed by atoms with Crippen molar-refractivity contribution in [1.82, 2.24) is 5.32 Å². The summed E-state index contributed by atoms with van der Waals surface area (Å²) in [5.41, 5.74) is -0.245. The lowest BCUT2D eigenvalue weighted by molar-refractivity contribution is -0.117. The second-order valence-electron chi connectivity index (χ2n) is 4.84. The summed E-state index contributed by atoms with van der Waals surface area (Å²) in [5, 5.41) is 11.6. The Kier molecular flexibility index (Phi) is 6.31. The van der Waals surface area contributed by atoms with Crippen LogP contribution in [0.3, 0.4) is 0 Å². The highest BCUT2D eigenvalue weighted by molar-refractivity contribution is 5.92. The Morgan fingerprint density at radius 3 is 2.45 bits per heavy atom. The fourth-order valence-electron chi connectivity index (χ4n) is 1.77. The molecule has 0 bridgehead atoms. The van der Waals surface area contributed by atoms with Gasteiger partial charge in [-0.3, -0.25) is 4.79 Å². The number of hydrogen-bond donors (Lipinski definition) is 2. The highest BCUT2D eigenvalue weighted by atomic mass is 19.1. The Labute approximate surface area is 117 Å². The van der Waals surface area contributed by atoms with Gasteiger partial charge < -0.3 is 10.4 Å². The van der Waals surface area contributed by atoms with E-state index in [2.05, 4.69) is 5.32 Å². The summed E-state index contributed by atoms with van der Waals surface area (Å²) in [7, 11) is 0. The Bertz CT molecular complexity index is 467. The van der Waals surface area contributed by atoms with Crippen LogP contribution >= 0.6 is 0 Å². The first-order chi connectivity index (χ1) is 9.45. The summed E-state index contributed by atoms with van der Waals surface area (Å²) in [6.45, 7) is 3.80. The Hall–Kier alpha value is -1.75. The molecule has 1 aromatic carbocycles. The maximum atomic E-state index is 13.4. The lowest BCUT2D eigenvalue weighted by Gasteiger charge is -2.20. The minimum atomic E-state index is -0.718. The fraction of sp³-hybridized carbons (Fsp3) is 0.400. The van der Waals surface area contributed by atoms with Gasteiger partial charge in [0.25, 0.3) is 0 Å². The second kappa shape index (κ2) is 7.75. The number of nitrogens with one attached hydrogen (secondary N) is 1. The van der Waals surface area contributed by atoms with Gasteiger partial charge >= 0.3 is 0 Å². The number of amides is 1. The molecule has 0 fully saturated rings. The Morgan fingerprint density at radius 2 is 1.95 bits per heavy atom. The second-order valence-corrected chi connectivity index (χ2v) is 4.84. The largest absolute Gasteiger partial charge is 0.396 e. The molecular formula is C15H19F2NO2. The van der Waals surface area contributed by atoms with Crippen LogP contribution in [0, 0.1) is 17.6 Å². The minimum Gasteiger partial charge on any atom is -0.396 e. The van der Waals surface area contributed by atoms with Crippen LogP contribution in [0.5, 0.6) is 0 Å². The molecule has 0 heterocycles. The molecule has 3 nitrogen and oxygen atoms in total. The number of halogens is 2. The van der Waals surface area contributed by atoms with Crippen molar-refractivity contribution in [2.75, 3.05) is 6.61 Å². The summed E-state index contributed by atoms with van der Waals surface area (Å²) in [6, 6.07) is 3.34. The SMILES string of the molecule is CC(C)C(CCO)NC(=O)/C=C/c1c(F)cccc1F. The molecule has 1 unspecified atom stereocenters. The number of carbonyl (C=O) groups excluding carboxylic acids is 1. The summed E-state index contributed by atoms with van der Waals surface area (Å²) < 4.78 is 26.7. The summed E-state index contributed by atoms with van der Waals surface area (Å²) >= 11 is 0. The number of benzene rings is 1. The van der Waals surface area contributed by atoms with E-state index >= 15 is 0 Å². The predicted octanol–water partition coefficient (Wildman–Crippen LogP) is 2.50. The number of aliphatic hydroxyl groups is 1. The van der Waals surface area contributed by atoms with Gasteiger partial charge in [-0.1, -0.05) is 19.9 Å². The third-order valence-corrected chi connectivity index (χ3v) is 2.97. The van der Waals surface area contributed by atoms with Crippen molar-refractivity contribution in [3.05, 3.63) is 41.5 Å². The molecule has 1 amide bonds. The van der Waals surface area contributed by atoms with Gasteiger partial charge in [-0.05, 0) is 30.5 Å². The zero-order valence-corrected chi connectivity index (χ0v) is 11.6. The van der Waals surface area contributed by atoms with Gasteiger partial charge in [-0.2, -0.15) is 0 Å². The van der Waals surface area contributed by atoms with Crippen LogP contribution in [0.25, 0.3) is 6.08 Å². The number of hydrogen-bond acceptors (Lipinski definition) is 2. The number of aliphatic hydroxyl groups excluding tert-OH is 1. The van der Waals surface area contributed by atoms with E-state index in [1.165, 1.54) is 6.07 Å². The van der Waals surface area contributed by atoms with E-state index in [4.69, 9.17) is 5.11 Å². The first kappa shape index (κ1) is 16.3. The van der Waals surface area contributed by atoms with Gasteiger partial charge in [0, 0.05) is 24.3 Å². The lowest BCUT2D eigenvalue weighted by Crippen LogP contribution is -2.38. The first-order valence-electron chi connectivity index (χ1n) is 6.49. The molecule has 0 spiro atoms. The van der Waals surface area contributed by atoms with E-state index in [0.29, 0.717) is 6.42 Å². The van der Waals surface area contributed by atoms with E-state index < -0.39 is 17.5 Å². The van der Waals surface area contributed by atoms with Crippen LogP contribution in [-0.2, 0) is 4.79 Å². The third-order valence-electron chi connectivity index (χ3n) is 2.97. The predicted molar refractivity (Wildman–Crippen MR) is 73.9 cm³/mol. The zero-order chi connectivity index (χ0) is 15.1. The minimum absolute atomic E-state index is 0.0330. The average molecular weight is 283 g/mol. The van der Waals surface area contributed by atoms with Gasteiger partial charge in [0.05, 0.1) is 0 Å². The van der Waals surface area contributed by atoms with Crippen LogP contribution in [0.2, 0.25) is 0 Å². The topological polar surface area (TPSA) is 49.3 Å². The fourth-order valence-corrected chi connectivity index (χ4v) is 1.77. The molecule has 0 aliphatic heterocycles. The zero-order valence-electron chi connectivity index (χ0n) is 11.6. The molecule has 0 saturated carbocycles. The van der Waals surface area contributed by atoms with Crippen molar-refractivity contribution in [3.63, 3.8) is 0 Å². The van der Waals surface area contributed by atoms with Crippen molar-refractivity contribution in [2.45, 2.75) is 26.3 Å². The van der Waals surface area contributed by atoms with Crippen LogP contribution in [0.15, 0.2) is 24.3 Å². The summed E-state index contributed by atoms with van der Waals surface area (Å²) in [5.74, 6) is -1.72. The van der Waals surface area contributed by atoms with Crippen molar-refractivity contribution in [3.8, 4) is 0 Å². The molecular weight excluding hydrogens is 264 g/mol. The Balaban J connectivity index is 2.72. The van der Waals surface area contributed by atoms with Crippen molar-refractivity contribution >= 4 is 12.0 Å². The lowest BCUT2D eigenvalue weighted by atomic mass is 10.0. The normalized spacial score (nSPS) is 12.9. The van der Waals surface area contributed by atoms with Gasteiger partial charge in [0.1, 0.15) is 11.6 Å². The quantitative estimate of drug-likeness (QED) is 0.788. The molecule has 1 atom stereocenters. The first-order valence-corrected chi connectivity index (χ1v) is 6.49. The molecule has 0 saturated heterocycles. The molecule has 0 aromatic heterocycles. The molecule has 20 heavy (non-hydrogen) atoms. The highest BCUT2D eigenvalue weighted by Gasteiger charge is 2.14. The van der Waals surface area contributed by atoms with E-state index in [9.17, 15) is 13.6 Å². The highest BCUT2D eigenvalue weighted by Crippen LogP contribution is 2.13. The van der Waals surface area contributed by atoms with Crippen LogP contribution in [0.1, 0.15) is 25.8 Å². The van der Waals surface area contributed by atoms with E-state index in [1.807, 2.05) is 13.8 Å². The van der Waals surface area contributed by atoms with Gasteiger partial charge in [0.2, 0.25) is 5.91 Å². The van der Waals surface area contributed by atoms with Crippen LogP contribution < -0.4 is 5.32 Å². The number of rotatable bonds is 6. The molecule has 110 valence electrons. The van der Waals surface area contributed by atoms with E-state index in [-0.39, 0.29) is 24.1 Å². The van der Waals surface area contributed by atoms with E-state index in [1.54, 1.807) is 0 Å². The maximum absolute atomic E-state index is 13.4. The van der Waals surface area contributed by atoms with Crippen molar-refractivity contribution in [1.29, 1.82) is 0 Å². The standard InChI is InChI=1S/C15H19F2NO2/c1-10(2)14(8-9-19)18-15(20)7-6-11-12(16)4-3-5-13(11)17/h3-7,10,14,19H,8-9H2,1-2H3,(H,18,20)/b7-6+. The molecule has 2 N–H and O–H groups in total. The maximum Gasteiger partial charge on any atom is 0.244 e. The van der Waals surface area contributed by atoms with Crippen LogP contribution in [0.4, 0.5) is 8.78 Å². The summed E-state index contributed by atoms with van der Waals surface area (Å²) in [6.07, 6.45) is 2.63. The molecule has 0 aliphatic carbocycles. The van der Waals surface area contributed by atoms with Crippen molar-refractivity contribution in [2.24, 2.45) is 5.92 Å². The van der Waals surface area contributed by atoms with Gasteiger partial charge in [0.15, 0.2) is 0 Å². The smallest absolute Gasteiger partial charge is 0.244 e. The van der Waals surface area contributed by atoms with Crippen LogP contribution in [-0.4, -0.2) is 23.7 Å². The average Bonchev–Trinajstić information content (AvgIpc) is 2.37. The molecule has 0 radical (unpaired) electrons. The molecule has 1 aromatic rings. The van der Waals surface area contributed by atoms with Gasteiger partial charge in [-0.15, -0.1) is 0 Å². The molecule has 0 aliphatic rings. The third kappa shape index (κ3) is 4.74. The molecule has 1 rings (SSSR count). The molecule has 5 heteroatoms. The van der Waals surface area contributed by atoms with Crippen molar-refractivity contribution < 1.29 is 18.7 Å². The monoisotopic (exact) mass is 283 g/mol. The Morgan fingerprint density at radius 1 is 1.35 bits per heavy atom. The number of carbonyl (C=O) groups is 1. The summed E-state index contributed by atoms with van der Waals surface area (Å²) in [4.78, 5) is 11.7. The van der Waals surface area contributed by atoms with E-state index in [0.717, 1.165) is 24.3 Å².